The van der Waals surface area contributed by atoms with E-state index in [1.165, 1.54) is 93.7 Å². The fourth-order valence-electron chi connectivity index (χ4n) is 18.6. The maximum absolute atomic E-state index is 2.37. The lowest BCUT2D eigenvalue weighted by Gasteiger charge is -2.29. The first-order chi connectivity index (χ1) is 66.3. The lowest BCUT2D eigenvalue weighted by Crippen LogP contribution is -2.13. The topological polar surface area (TPSA) is 29.3 Å². The summed E-state index contributed by atoms with van der Waals surface area (Å²) in [5, 5.41) is 5.08. The number of nitrogens with zero attached hydrogens (tertiary/aromatic N) is 8. The molecule has 2 heterocycles. The van der Waals surface area contributed by atoms with Gasteiger partial charge in [0.1, 0.15) is 0 Å². The smallest absolute Gasteiger partial charge is 0.0541 e. The molecule has 0 atom stereocenters. The van der Waals surface area contributed by atoms with Crippen molar-refractivity contribution in [1.82, 2.24) is 9.13 Å². The normalized spacial score (nSPS) is 11.1. The number of hydrogen-bond acceptors (Lipinski definition) is 6. The summed E-state index contributed by atoms with van der Waals surface area (Å²) >= 11 is 0. The average Bonchev–Trinajstić information content (AvgIpc) is 1.53. The van der Waals surface area contributed by atoms with Gasteiger partial charge in [0, 0.05) is 135 Å². The summed E-state index contributed by atoms with van der Waals surface area (Å²) in [5.41, 5.74) is 38.4. The van der Waals surface area contributed by atoms with E-state index in [0.29, 0.717) is 0 Å². The van der Waals surface area contributed by atoms with Crippen molar-refractivity contribution in [1.29, 1.82) is 0 Å². The first kappa shape index (κ1) is 85.9. The van der Waals surface area contributed by atoms with Crippen LogP contribution < -0.4 is 29.4 Å². The van der Waals surface area contributed by atoms with Crippen LogP contribution in [0.4, 0.5) is 102 Å². The van der Waals surface area contributed by atoms with Gasteiger partial charge in [-0.3, -0.25) is 0 Å². The van der Waals surface area contributed by atoms with Crippen LogP contribution in [0, 0.1) is 48.5 Å². The van der Waals surface area contributed by atoms with E-state index in [9.17, 15) is 0 Å². The molecule has 0 saturated heterocycles. The summed E-state index contributed by atoms with van der Waals surface area (Å²) in [4.78, 5) is 13.9. The molecule has 0 bridgehead atoms. The standard InChI is InChI=1S/C45H39N3.C43H31N3.C39H34N2/c1-34-20-22-39(23-21-34)46(40-24-28-42(29-25-40)47(37-14-6-4-7-15-37)44-18-10-12-35(2)32-44)41-26-30-43(31-27-41)48(38-16-8-5-9-17-38)45-19-11-13-36(3)33-45;1-30-18-20-31(21-19-30)44(32-22-26-34(27-23-32)45-40-14-6-2-10-36(40)37-11-3-7-15-41(37)45)33-24-28-35(29-25-33)46-42-16-8-4-12-38(42)39-13-5-9-17-43(39)46;1-29-15-21-35(22-16-29)41(39-14-8-10-31(3)28-39)37-25-19-33(20-26-37)32-17-23-36(24-18-32)40(34-11-5-4-6-12-34)38-13-7-9-30(2)27-38/h4-33H,1-3H3;2-29H,1H3;4-28H,1-3H3. The molecule has 22 rings (SSSR count). The number of anilines is 18. The SMILES string of the molecule is Cc1ccc(N(c2ccc(-c3ccc(N(c4ccccc4)c4cccc(C)c4)cc3)cc2)c2cccc(C)c2)cc1.Cc1ccc(N(c2ccc(-n3c4ccccc4c4ccccc43)cc2)c2ccc(-n3c4ccccc4c4ccccc43)cc2)cc1.Cc1ccc(N(c2ccc(N(c3ccccc3)c3cccc(C)c3)cc2)c2ccc(N(c3ccccc3)c3cccc(C)c3)cc2)cc1. The van der Waals surface area contributed by atoms with Gasteiger partial charge in [-0.05, 0) is 349 Å². The maximum Gasteiger partial charge on any atom is 0.0541 e. The number of rotatable bonds is 21. The van der Waals surface area contributed by atoms with Crippen molar-refractivity contribution in [3.05, 3.63) is 542 Å². The Labute approximate surface area is 792 Å². The van der Waals surface area contributed by atoms with E-state index in [1.807, 2.05) is 0 Å². The van der Waals surface area contributed by atoms with Crippen molar-refractivity contribution in [2.45, 2.75) is 48.5 Å². The Balaban J connectivity index is 0.000000126. The Morgan fingerprint density at radius 3 is 0.504 bits per heavy atom. The first-order valence-electron chi connectivity index (χ1n) is 46.3. The molecule has 0 spiro atoms. The summed E-state index contributed by atoms with van der Waals surface area (Å²) in [5.74, 6) is 0. The van der Waals surface area contributed by atoms with Gasteiger partial charge in [0.15, 0.2) is 0 Å². The van der Waals surface area contributed by atoms with E-state index in [2.05, 4.69) is 591 Å². The van der Waals surface area contributed by atoms with Crippen LogP contribution in [-0.2, 0) is 0 Å². The zero-order valence-corrected chi connectivity index (χ0v) is 77.0. The minimum absolute atomic E-state index is 1.09. The van der Waals surface area contributed by atoms with Gasteiger partial charge in [0.05, 0.1) is 22.1 Å². The zero-order valence-electron chi connectivity index (χ0n) is 77.0. The van der Waals surface area contributed by atoms with Crippen LogP contribution >= 0.6 is 0 Å². The van der Waals surface area contributed by atoms with Crippen LogP contribution in [0.1, 0.15) is 38.9 Å². The van der Waals surface area contributed by atoms with Gasteiger partial charge < -0.3 is 38.5 Å². The molecule has 0 saturated carbocycles. The second-order valence-electron chi connectivity index (χ2n) is 34.8. The van der Waals surface area contributed by atoms with Gasteiger partial charge in [-0.25, -0.2) is 0 Å². The summed E-state index contributed by atoms with van der Waals surface area (Å²) in [7, 11) is 0. The Morgan fingerprint density at radius 1 is 0.126 bits per heavy atom. The van der Waals surface area contributed by atoms with E-state index >= 15 is 0 Å². The number of para-hydroxylation sites is 7. The highest BCUT2D eigenvalue weighted by atomic mass is 15.2. The van der Waals surface area contributed by atoms with E-state index in [0.717, 1.165) is 114 Å². The lowest BCUT2D eigenvalue weighted by atomic mass is 10.0. The molecule has 20 aromatic carbocycles. The quantitative estimate of drug-likeness (QED) is 0.0712. The van der Waals surface area contributed by atoms with Gasteiger partial charge in [0.25, 0.3) is 0 Å². The molecular formula is C127H104N8. The number of benzene rings is 20. The molecule has 2 aromatic heterocycles. The van der Waals surface area contributed by atoms with Crippen molar-refractivity contribution < 1.29 is 0 Å². The zero-order chi connectivity index (χ0) is 91.7. The molecule has 0 N–H and O–H groups in total. The third-order valence-corrected chi connectivity index (χ3v) is 25.2. The van der Waals surface area contributed by atoms with E-state index < -0.39 is 0 Å². The molecule has 0 fully saturated rings. The molecule has 8 heteroatoms. The molecule has 0 amide bonds. The highest BCUT2D eigenvalue weighted by Gasteiger charge is 2.23. The Hall–Kier alpha value is -17.2. The molecule has 22 aromatic rings. The van der Waals surface area contributed by atoms with Crippen molar-refractivity contribution in [3.8, 4) is 22.5 Å². The summed E-state index contributed by atoms with van der Waals surface area (Å²) in [6.45, 7) is 14.9. The van der Waals surface area contributed by atoms with Crippen LogP contribution in [-0.4, -0.2) is 9.13 Å². The van der Waals surface area contributed by atoms with Gasteiger partial charge in [-0.2, -0.15) is 0 Å². The van der Waals surface area contributed by atoms with Gasteiger partial charge in [-0.1, -0.05) is 253 Å². The van der Waals surface area contributed by atoms with Crippen LogP contribution in [0.5, 0.6) is 0 Å². The average molecular weight is 1740 g/mol. The summed E-state index contributed by atoms with van der Waals surface area (Å²) < 4.78 is 4.73. The Morgan fingerprint density at radius 2 is 0.289 bits per heavy atom. The highest BCUT2D eigenvalue weighted by Crippen LogP contribution is 2.46. The molecule has 0 aliphatic carbocycles. The van der Waals surface area contributed by atoms with Gasteiger partial charge in [-0.15, -0.1) is 0 Å². The Bertz CT molecular complexity index is 7420. The lowest BCUT2D eigenvalue weighted by molar-refractivity contribution is 1.17. The van der Waals surface area contributed by atoms with Crippen molar-refractivity contribution in [2.75, 3.05) is 29.4 Å². The number of aromatic nitrogens is 2. The fraction of sp³-hybridized carbons (Fsp3) is 0.0551. The van der Waals surface area contributed by atoms with Crippen LogP contribution in [0.25, 0.3) is 66.1 Å². The Kier molecular flexibility index (Phi) is 24.7. The van der Waals surface area contributed by atoms with Crippen molar-refractivity contribution in [2.24, 2.45) is 0 Å². The van der Waals surface area contributed by atoms with E-state index in [-0.39, 0.29) is 0 Å². The molecular weight excluding hydrogens is 1640 g/mol. The van der Waals surface area contributed by atoms with Gasteiger partial charge in [0.2, 0.25) is 0 Å². The number of aryl methyl sites for hydroxylation is 7. The maximum atomic E-state index is 2.37. The predicted octanol–water partition coefficient (Wildman–Crippen LogP) is 35.9. The fourth-order valence-corrected chi connectivity index (χ4v) is 18.6. The highest BCUT2D eigenvalue weighted by molar-refractivity contribution is 6.10. The van der Waals surface area contributed by atoms with Crippen molar-refractivity contribution in [3.63, 3.8) is 0 Å². The van der Waals surface area contributed by atoms with Gasteiger partial charge >= 0.3 is 0 Å². The van der Waals surface area contributed by atoms with E-state index in [1.54, 1.807) is 0 Å². The predicted molar refractivity (Wildman–Crippen MR) is 575 cm³/mol. The minimum Gasteiger partial charge on any atom is -0.311 e. The monoisotopic (exact) mass is 1740 g/mol. The second-order valence-corrected chi connectivity index (χ2v) is 34.8. The minimum atomic E-state index is 1.09. The van der Waals surface area contributed by atoms with E-state index in [4.69, 9.17) is 0 Å². The molecule has 8 nitrogen and oxygen atoms in total. The molecule has 0 aliphatic rings. The molecule has 135 heavy (non-hydrogen) atoms. The van der Waals surface area contributed by atoms with Crippen LogP contribution in [0.15, 0.2) is 504 Å². The summed E-state index contributed by atoms with van der Waals surface area (Å²) in [6.07, 6.45) is 0. The largest absolute Gasteiger partial charge is 0.311 e. The number of hydrogen-bond donors (Lipinski definition) is 0. The number of fused-ring (bicyclic) bond motifs is 6. The molecule has 652 valence electrons. The molecule has 0 radical (unpaired) electrons. The first-order valence-corrected chi connectivity index (χ1v) is 46.3. The third-order valence-electron chi connectivity index (χ3n) is 25.2. The van der Waals surface area contributed by atoms with Crippen LogP contribution in [0.2, 0.25) is 0 Å². The van der Waals surface area contributed by atoms with Crippen molar-refractivity contribution >= 4 is 146 Å². The van der Waals surface area contributed by atoms with Crippen LogP contribution in [0.3, 0.4) is 0 Å². The summed E-state index contributed by atoms with van der Waals surface area (Å²) in [6, 6.07) is 181. The second kappa shape index (κ2) is 38.8. The third kappa shape index (κ3) is 18.5. The molecule has 0 aliphatic heterocycles. The molecule has 0 unspecified atom stereocenters.